The zero-order valence-electron chi connectivity index (χ0n) is 15.3. The van der Waals surface area contributed by atoms with Crippen molar-refractivity contribution < 1.29 is 29.0 Å². The number of nitrogens with two attached hydrogens (primary N) is 1. The fourth-order valence-electron chi connectivity index (χ4n) is 3.16. The van der Waals surface area contributed by atoms with Crippen molar-refractivity contribution in [2.75, 3.05) is 44.5 Å². The molecule has 8 nitrogen and oxygen atoms in total. The second-order valence-electron chi connectivity index (χ2n) is 6.09. The first-order valence-electron chi connectivity index (χ1n) is 8.67. The third-order valence-corrected chi connectivity index (χ3v) is 4.44. The van der Waals surface area contributed by atoms with E-state index in [1.54, 1.807) is 24.3 Å². The molecule has 0 aliphatic heterocycles. The molecule has 0 spiro atoms. The van der Waals surface area contributed by atoms with Crippen LogP contribution < -0.4 is 11.1 Å². The van der Waals surface area contributed by atoms with Crippen LogP contribution in [0.25, 0.3) is 0 Å². The lowest BCUT2D eigenvalue weighted by Crippen LogP contribution is -2.26. The Balaban J connectivity index is 2.10. The Morgan fingerprint density at radius 2 is 1.75 bits per heavy atom. The summed E-state index contributed by atoms with van der Waals surface area (Å²) in [5, 5.41) is 11.8. The number of anilines is 2. The summed E-state index contributed by atoms with van der Waals surface area (Å²) in [5.74, 6) is -1.49. The lowest BCUT2D eigenvalue weighted by molar-refractivity contribution is 0.0601. The molecular formula is C20H20N2O6. The van der Waals surface area contributed by atoms with Crippen molar-refractivity contribution in [3.05, 3.63) is 58.1 Å². The third kappa shape index (κ3) is 3.35. The summed E-state index contributed by atoms with van der Waals surface area (Å²) < 4.78 is 9.95. The van der Waals surface area contributed by atoms with Gasteiger partial charge in [0, 0.05) is 23.4 Å². The molecule has 0 fully saturated rings. The van der Waals surface area contributed by atoms with Gasteiger partial charge in [-0.25, -0.2) is 4.79 Å². The van der Waals surface area contributed by atoms with Crippen LogP contribution in [-0.2, 0) is 9.47 Å². The number of nitrogen functional groups attached to an aromatic ring is 1. The van der Waals surface area contributed by atoms with Crippen LogP contribution >= 0.6 is 0 Å². The van der Waals surface area contributed by atoms with Gasteiger partial charge in [0.25, 0.3) is 0 Å². The highest BCUT2D eigenvalue weighted by Crippen LogP contribution is 2.37. The predicted octanol–water partition coefficient (Wildman–Crippen LogP) is 1.25. The Hall–Kier alpha value is -3.23. The van der Waals surface area contributed by atoms with Gasteiger partial charge < -0.3 is 25.6 Å². The minimum Gasteiger partial charge on any atom is -0.465 e. The summed E-state index contributed by atoms with van der Waals surface area (Å²) in [5.41, 5.74) is 6.95. The summed E-state index contributed by atoms with van der Waals surface area (Å²) >= 11 is 0. The Labute approximate surface area is 161 Å². The monoisotopic (exact) mass is 384 g/mol. The Kier molecular flexibility index (Phi) is 5.72. The molecule has 0 atom stereocenters. The van der Waals surface area contributed by atoms with E-state index in [1.165, 1.54) is 13.2 Å². The maximum Gasteiger partial charge on any atom is 0.340 e. The number of rotatable bonds is 7. The molecule has 1 aliphatic carbocycles. The Morgan fingerprint density at radius 3 is 2.36 bits per heavy atom. The number of esters is 1. The van der Waals surface area contributed by atoms with Crippen LogP contribution in [0.3, 0.4) is 0 Å². The largest absolute Gasteiger partial charge is 0.465 e. The summed E-state index contributed by atoms with van der Waals surface area (Å²) in [6.07, 6.45) is 0. The average Bonchev–Trinajstić information content (AvgIpc) is 2.71. The smallest absolute Gasteiger partial charge is 0.340 e. The fraction of sp³-hybridized carbons (Fsp3) is 0.250. The van der Waals surface area contributed by atoms with Gasteiger partial charge in [-0.15, -0.1) is 0 Å². The first kappa shape index (κ1) is 19.5. The van der Waals surface area contributed by atoms with Crippen LogP contribution in [0.5, 0.6) is 0 Å². The lowest BCUT2D eigenvalue weighted by Gasteiger charge is -2.23. The normalized spacial score (nSPS) is 12.4. The molecule has 2 aromatic rings. The van der Waals surface area contributed by atoms with Crippen LogP contribution in [0.2, 0.25) is 0 Å². The number of fused-ring (bicyclic) bond motifs is 2. The van der Waals surface area contributed by atoms with E-state index >= 15 is 0 Å². The number of carbonyl (C=O) groups is 3. The number of hydrogen-bond donors (Lipinski definition) is 3. The number of carbonyl (C=O) groups excluding carboxylic acids is 3. The van der Waals surface area contributed by atoms with E-state index < -0.39 is 11.8 Å². The van der Waals surface area contributed by atoms with E-state index in [0.717, 1.165) is 0 Å². The highest BCUT2D eigenvalue weighted by molar-refractivity contribution is 6.32. The van der Waals surface area contributed by atoms with Gasteiger partial charge in [-0.1, -0.05) is 24.3 Å². The highest BCUT2D eigenvalue weighted by atomic mass is 16.5. The molecule has 0 unspecified atom stereocenters. The molecule has 3 rings (SSSR count). The number of hydrogen-bond acceptors (Lipinski definition) is 8. The van der Waals surface area contributed by atoms with Crippen molar-refractivity contribution in [3.8, 4) is 0 Å². The fourth-order valence-corrected chi connectivity index (χ4v) is 3.16. The van der Waals surface area contributed by atoms with E-state index in [1.807, 2.05) is 0 Å². The van der Waals surface area contributed by atoms with Crippen molar-refractivity contribution in [2.24, 2.45) is 0 Å². The highest BCUT2D eigenvalue weighted by Gasteiger charge is 2.35. The minimum atomic E-state index is -0.709. The maximum atomic E-state index is 13.1. The predicted molar refractivity (Wildman–Crippen MR) is 102 cm³/mol. The van der Waals surface area contributed by atoms with E-state index in [2.05, 4.69) is 5.32 Å². The van der Waals surface area contributed by atoms with E-state index in [-0.39, 0.29) is 59.1 Å². The number of ether oxygens (including phenoxy) is 2. The topological polar surface area (TPSA) is 128 Å². The molecule has 28 heavy (non-hydrogen) atoms. The lowest BCUT2D eigenvalue weighted by atomic mass is 9.81. The number of methoxy groups -OCH3 is 1. The number of aliphatic hydroxyl groups excluding tert-OH is 1. The SMILES string of the molecule is COC(=O)c1cc(NCCOCCO)c2c(c1N)C(=O)c1ccccc1C2=O. The van der Waals surface area contributed by atoms with Crippen molar-refractivity contribution in [1.29, 1.82) is 0 Å². The van der Waals surface area contributed by atoms with Crippen molar-refractivity contribution in [3.63, 3.8) is 0 Å². The molecule has 0 saturated carbocycles. The van der Waals surface area contributed by atoms with Crippen LogP contribution in [0.15, 0.2) is 30.3 Å². The summed E-state index contributed by atoms with van der Waals surface area (Å²) in [6.45, 7) is 0.624. The summed E-state index contributed by atoms with van der Waals surface area (Å²) in [6, 6.07) is 7.88. The average molecular weight is 384 g/mol. The standard InChI is InChI=1S/C20H20N2O6/c1-27-20(26)13-10-14(22-6-8-28-9-7-23)15-16(17(13)21)19(25)12-5-3-2-4-11(12)18(15)24/h2-5,10,22-23H,6-9,21H2,1H3. The van der Waals surface area contributed by atoms with E-state index in [0.29, 0.717) is 12.2 Å². The van der Waals surface area contributed by atoms with Crippen molar-refractivity contribution in [2.45, 2.75) is 0 Å². The van der Waals surface area contributed by atoms with Crippen LogP contribution in [0, 0.1) is 0 Å². The number of nitrogens with one attached hydrogen (secondary N) is 1. The van der Waals surface area contributed by atoms with E-state index in [4.69, 9.17) is 20.3 Å². The molecule has 0 bridgehead atoms. The molecule has 2 aromatic carbocycles. The molecule has 0 radical (unpaired) electrons. The maximum absolute atomic E-state index is 13.1. The second kappa shape index (κ2) is 8.20. The minimum absolute atomic E-state index is 0.000516. The molecule has 8 heteroatoms. The van der Waals surface area contributed by atoms with Crippen LogP contribution in [0.1, 0.15) is 42.2 Å². The van der Waals surface area contributed by atoms with Gasteiger partial charge in [0.05, 0.1) is 49.3 Å². The van der Waals surface area contributed by atoms with Gasteiger partial charge in [0.2, 0.25) is 0 Å². The zero-order chi connectivity index (χ0) is 20.3. The van der Waals surface area contributed by atoms with Gasteiger partial charge in [0.1, 0.15) is 0 Å². The van der Waals surface area contributed by atoms with Gasteiger partial charge in [-0.05, 0) is 6.07 Å². The second-order valence-corrected chi connectivity index (χ2v) is 6.09. The Bertz CT molecular complexity index is 954. The molecular weight excluding hydrogens is 364 g/mol. The first-order valence-corrected chi connectivity index (χ1v) is 8.67. The van der Waals surface area contributed by atoms with Gasteiger partial charge in [-0.3, -0.25) is 9.59 Å². The number of benzene rings is 2. The number of ketones is 2. The van der Waals surface area contributed by atoms with Crippen molar-refractivity contribution in [1.82, 2.24) is 0 Å². The van der Waals surface area contributed by atoms with Crippen molar-refractivity contribution >= 4 is 28.9 Å². The zero-order valence-corrected chi connectivity index (χ0v) is 15.3. The Morgan fingerprint density at radius 1 is 1.11 bits per heavy atom. The van der Waals surface area contributed by atoms with Crippen LogP contribution in [0.4, 0.5) is 11.4 Å². The van der Waals surface area contributed by atoms with Gasteiger partial charge >= 0.3 is 5.97 Å². The molecule has 0 saturated heterocycles. The molecule has 1 aliphatic rings. The first-order chi connectivity index (χ1) is 13.5. The quantitative estimate of drug-likeness (QED) is 0.315. The third-order valence-electron chi connectivity index (χ3n) is 4.44. The van der Waals surface area contributed by atoms with Gasteiger partial charge in [-0.2, -0.15) is 0 Å². The molecule has 0 heterocycles. The molecule has 0 aromatic heterocycles. The summed E-state index contributed by atoms with van der Waals surface area (Å²) in [4.78, 5) is 38.3. The van der Waals surface area contributed by atoms with Gasteiger partial charge in [0.15, 0.2) is 11.6 Å². The summed E-state index contributed by atoms with van der Waals surface area (Å²) in [7, 11) is 1.21. The number of aliphatic hydroxyl groups is 1. The molecule has 0 amide bonds. The molecule has 4 N–H and O–H groups in total. The van der Waals surface area contributed by atoms with E-state index in [9.17, 15) is 14.4 Å². The van der Waals surface area contributed by atoms with Crippen LogP contribution in [-0.4, -0.2) is 56.1 Å². The molecule has 146 valence electrons.